The van der Waals surface area contributed by atoms with Crippen LogP contribution in [0.4, 0.5) is 4.79 Å². The average molecular weight is 286 g/mol. The van der Waals surface area contributed by atoms with E-state index in [-0.39, 0.29) is 18.2 Å². The quantitative estimate of drug-likeness (QED) is 0.734. The van der Waals surface area contributed by atoms with Crippen molar-refractivity contribution >= 4 is 12.0 Å². The smallest absolute Gasteiger partial charge is 0.315 e. The number of urea groups is 1. The van der Waals surface area contributed by atoms with Crippen molar-refractivity contribution in [2.45, 2.75) is 65.1 Å². The first-order valence-electron chi connectivity index (χ1n) is 7.00. The molecule has 2 unspecified atom stereocenters. The summed E-state index contributed by atoms with van der Waals surface area (Å²) in [6.07, 6.45) is 1.69. The van der Waals surface area contributed by atoms with Crippen molar-refractivity contribution < 1.29 is 19.4 Å². The number of hydrogen-bond acceptors (Lipinski definition) is 3. The van der Waals surface area contributed by atoms with Crippen LogP contribution in [0.2, 0.25) is 0 Å². The van der Waals surface area contributed by atoms with E-state index in [1.807, 2.05) is 6.92 Å². The van der Waals surface area contributed by atoms with Gasteiger partial charge in [-0.05, 0) is 47.5 Å². The fraction of sp³-hybridized carbons (Fsp3) is 0.857. The van der Waals surface area contributed by atoms with E-state index in [1.54, 1.807) is 27.7 Å². The summed E-state index contributed by atoms with van der Waals surface area (Å²) >= 11 is 0. The van der Waals surface area contributed by atoms with Gasteiger partial charge in [-0.25, -0.2) is 4.79 Å². The predicted molar refractivity (Wildman–Crippen MR) is 75.6 cm³/mol. The van der Waals surface area contributed by atoms with Crippen molar-refractivity contribution in [3.63, 3.8) is 0 Å². The maximum atomic E-state index is 12.0. The minimum atomic E-state index is -1.06. The third kappa shape index (κ3) is 3.85. The number of aliphatic carboxylic acids is 1. The summed E-state index contributed by atoms with van der Waals surface area (Å²) in [5.74, 6) is -0.942. The molecule has 0 bridgehead atoms. The topological polar surface area (TPSA) is 87.7 Å². The molecule has 2 atom stereocenters. The molecular formula is C14H26N2O4. The summed E-state index contributed by atoms with van der Waals surface area (Å²) in [6, 6.07) is -0.258. The molecule has 6 nitrogen and oxygen atoms in total. The van der Waals surface area contributed by atoms with Crippen molar-refractivity contribution in [2.75, 3.05) is 6.61 Å². The predicted octanol–water partition coefficient (Wildman–Crippen LogP) is 1.74. The molecule has 1 aliphatic heterocycles. The molecule has 1 aliphatic rings. The van der Waals surface area contributed by atoms with E-state index in [1.165, 1.54) is 0 Å². The van der Waals surface area contributed by atoms with E-state index in [0.717, 1.165) is 12.8 Å². The molecule has 2 amide bonds. The number of carbonyl (C=O) groups is 2. The normalized spacial score (nSPS) is 24.1. The van der Waals surface area contributed by atoms with Crippen molar-refractivity contribution in [1.29, 1.82) is 0 Å². The number of amides is 2. The Morgan fingerprint density at radius 1 is 1.25 bits per heavy atom. The van der Waals surface area contributed by atoms with Gasteiger partial charge in [-0.3, -0.25) is 4.79 Å². The van der Waals surface area contributed by atoms with Crippen LogP contribution in [-0.2, 0) is 9.53 Å². The Balaban J connectivity index is 2.59. The van der Waals surface area contributed by atoms with E-state index >= 15 is 0 Å². The van der Waals surface area contributed by atoms with E-state index in [2.05, 4.69) is 10.6 Å². The standard InChI is InChI=1S/C14H26N2O4/c1-9-8-10(6-7-20-9)15-12(19)16-14(4,5)13(2,3)11(17)18/h9-10H,6-8H2,1-5H3,(H,17,18)(H2,15,16,19). The van der Waals surface area contributed by atoms with Crippen molar-refractivity contribution in [2.24, 2.45) is 5.41 Å². The van der Waals surface area contributed by atoms with E-state index in [0.29, 0.717) is 6.61 Å². The molecule has 1 heterocycles. The first-order valence-corrected chi connectivity index (χ1v) is 7.00. The van der Waals surface area contributed by atoms with Gasteiger partial charge in [0.15, 0.2) is 0 Å². The summed E-state index contributed by atoms with van der Waals surface area (Å²) in [4.78, 5) is 23.3. The highest BCUT2D eigenvalue weighted by Crippen LogP contribution is 2.30. The number of nitrogens with one attached hydrogen (secondary N) is 2. The molecule has 0 aromatic heterocycles. The van der Waals surface area contributed by atoms with Crippen LogP contribution in [0.3, 0.4) is 0 Å². The monoisotopic (exact) mass is 286 g/mol. The van der Waals surface area contributed by atoms with Crippen LogP contribution < -0.4 is 10.6 Å². The van der Waals surface area contributed by atoms with E-state index in [9.17, 15) is 14.7 Å². The Bertz CT molecular complexity index is 379. The SMILES string of the molecule is CC1CC(NC(=O)NC(C)(C)C(C)(C)C(=O)O)CCO1. The van der Waals surface area contributed by atoms with Gasteiger partial charge in [0.2, 0.25) is 0 Å². The van der Waals surface area contributed by atoms with Gasteiger partial charge in [-0.1, -0.05) is 0 Å². The minimum absolute atomic E-state index is 0.0718. The summed E-state index contributed by atoms with van der Waals surface area (Å²) in [5, 5.41) is 14.9. The molecule has 6 heteroatoms. The lowest BCUT2D eigenvalue weighted by Gasteiger charge is -2.39. The van der Waals surface area contributed by atoms with Crippen molar-refractivity contribution in [3.05, 3.63) is 0 Å². The number of rotatable bonds is 4. The molecule has 1 fully saturated rings. The average Bonchev–Trinajstić information content (AvgIpc) is 2.27. The third-order valence-electron chi connectivity index (χ3n) is 4.34. The fourth-order valence-electron chi connectivity index (χ4n) is 2.06. The van der Waals surface area contributed by atoms with Crippen molar-refractivity contribution in [3.8, 4) is 0 Å². The van der Waals surface area contributed by atoms with E-state index < -0.39 is 16.9 Å². The third-order valence-corrected chi connectivity index (χ3v) is 4.34. The second kappa shape index (κ2) is 5.99. The molecule has 0 aromatic carbocycles. The van der Waals surface area contributed by atoms with E-state index in [4.69, 9.17) is 4.74 Å². The van der Waals surface area contributed by atoms with Gasteiger partial charge in [0.25, 0.3) is 0 Å². The van der Waals surface area contributed by atoms with Crippen LogP contribution in [0.1, 0.15) is 47.5 Å². The molecule has 0 spiro atoms. The van der Waals surface area contributed by atoms with Gasteiger partial charge in [-0.15, -0.1) is 0 Å². The van der Waals surface area contributed by atoms with Gasteiger partial charge in [-0.2, -0.15) is 0 Å². The highest BCUT2D eigenvalue weighted by Gasteiger charge is 2.44. The first-order chi connectivity index (χ1) is 9.06. The van der Waals surface area contributed by atoms with Gasteiger partial charge in [0, 0.05) is 12.6 Å². The van der Waals surface area contributed by atoms with Crippen LogP contribution >= 0.6 is 0 Å². The minimum Gasteiger partial charge on any atom is -0.481 e. The Hall–Kier alpha value is -1.30. The molecule has 0 aliphatic carbocycles. The lowest BCUT2D eigenvalue weighted by molar-refractivity contribution is -0.150. The molecule has 0 saturated carbocycles. The molecule has 1 rings (SSSR count). The molecule has 116 valence electrons. The van der Waals surface area contributed by atoms with Crippen molar-refractivity contribution in [1.82, 2.24) is 10.6 Å². The second-order valence-corrected chi connectivity index (χ2v) is 6.56. The maximum Gasteiger partial charge on any atom is 0.315 e. The second-order valence-electron chi connectivity index (χ2n) is 6.56. The molecule has 1 saturated heterocycles. The Labute approximate surface area is 120 Å². The Morgan fingerprint density at radius 3 is 2.35 bits per heavy atom. The summed E-state index contributed by atoms with van der Waals surface area (Å²) in [7, 11) is 0. The lowest BCUT2D eigenvalue weighted by atomic mass is 9.74. The summed E-state index contributed by atoms with van der Waals surface area (Å²) < 4.78 is 5.43. The molecule has 0 radical (unpaired) electrons. The van der Waals surface area contributed by atoms with Crippen LogP contribution in [0.5, 0.6) is 0 Å². The molecular weight excluding hydrogens is 260 g/mol. The number of ether oxygens (including phenoxy) is 1. The largest absolute Gasteiger partial charge is 0.481 e. The highest BCUT2D eigenvalue weighted by molar-refractivity contribution is 5.79. The molecule has 20 heavy (non-hydrogen) atoms. The fourth-order valence-corrected chi connectivity index (χ4v) is 2.06. The number of carboxylic acids is 1. The van der Waals surface area contributed by atoms with Crippen LogP contribution in [-0.4, -0.2) is 41.4 Å². The molecule has 3 N–H and O–H groups in total. The summed E-state index contributed by atoms with van der Waals surface area (Å²) in [5.41, 5.74) is -1.92. The van der Waals surface area contributed by atoms with Crippen LogP contribution in [0.25, 0.3) is 0 Å². The van der Waals surface area contributed by atoms with Gasteiger partial charge in [0.05, 0.1) is 17.1 Å². The van der Waals surface area contributed by atoms with Crippen LogP contribution in [0.15, 0.2) is 0 Å². The summed E-state index contributed by atoms with van der Waals surface area (Å²) in [6.45, 7) is 9.25. The zero-order chi connectivity index (χ0) is 15.6. The Morgan fingerprint density at radius 2 is 1.85 bits per heavy atom. The first kappa shape index (κ1) is 16.8. The van der Waals surface area contributed by atoms with Gasteiger partial charge >= 0.3 is 12.0 Å². The maximum absolute atomic E-state index is 12.0. The Kier molecular flexibility index (Phi) is 5.02. The highest BCUT2D eigenvalue weighted by atomic mass is 16.5. The van der Waals surface area contributed by atoms with Gasteiger partial charge < -0.3 is 20.5 Å². The number of carboxylic acid groups (broad SMARTS) is 1. The van der Waals surface area contributed by atoms with Gasteiger partial charge in [0.1, 0.15) is 0 Å². The number of carbonyl (C=O) groups excluding carboxylic acids is 1. The molecule has 0 aromatic rings. The van der Waals surface area contributed by atoms with Crippen LogP contribution in [0, 0.1) is 5.41 Å². The lowest BCUT2D eigenvalue weighted by Crippen LogP contribution is -2.60. The number of hydrogen-bond donors (Lipinski definition) is 3. The zero-order valence-corrected chi connectivity index (χ0v) is 12.9. The zero-order valence-electron chi connectivity index (χ0n) is 12.9.